The molecule has 0 aliphatic heterocycles. The molecule has 120 valence electrons. The summed E-state index contributed by atoms with van der Waals surface area (Å²) in [6.07, 6.45) is 1.09. The number of anilines is 1. The fraction of sp³-hybridized carbons (Fsp3) is 0. The number of amides is 1. The highest BCUT2D eigenvalue weighted by molar-refractivity contribution is 7.22. The lowest BCUT2D eigenvalue weighted by Crippen LogP contribution is -2.13. The van der Waals surface area contributed by atoms with Crippen LogP contribution in [-0.4, -0.2) is 38.0 Å². The minimum atomic E-state index is -1.13. The van der Waals surface area contributed by atoms with Crippen LogP contribution in [0.25, 0.3) is 10.2 Å². The van der Waals surface area contributed by atoms with E-state index in [1.54, 1.807) is 6.07 Å². The number of fused-ring (bicyclic) bond motifs is 1. The van der Waals surface area contributed by atoms with Gasteiger partial charge in [-0.1, -0.05) is 11.3 Å². The highest BCUT2D eigenvalue weighted by Gasteiger charge is 2.13. The molecule has 0 aliphatic rings. The van der Waals surface area contributed by atoms with Gasteiger partial charge in [-0.05, 0) is 30.3 Å². The third kappa shape index (κ3) is 3.06. The normalized spacial score (nSPS) is 10.5. The number of benzene rings is 1. The van der Waals surface area contributed by atoms with Crippen molar-refractivity contribution in [1.29, 1.82) is 0 Å². The van der Waals surface area contributed by atoms with Gasteiger partial charge in [0.15, 0.2) is 5.13 Å². The van der Waals surface area contributed by atoms with E-state index < -0.39 is 17.8 Å². The highest BCUT2D eigenvalue weighted by Crippen LogP contribution is 2.27. The molecule has 0 fully saturated rings. The molecule has 0 unspecified atom stereocenters. The van der Waals surface area contributed by atoms with Crippen molar-refractivity contribution in [2.24, 2.45) is 0 Å². The Morgan fingerprint density at radius 3 is 2.33 bits per heavy atom. The first-order chi connectivity index (χ1) is 11.4. The largest absolute Gasteiger partial charge is 0.478 e. The molecule has 1 aromatic carbocycles. The zero-order valence-electron chi connectivity index (χ0n) is 11.9. The predicted octanol–water partition coefficient (Wildman–Crippen LogP) is 2.34. The molecule has 3 aromatic rings. The zero-order valence-corrected chi connectivity index (χ0v) is 12.7. The average Bonchev–Trinajstić information content (AvgIpc) is 2.96. The summed E-state index contributed by atoms with van der Waals surface area (Å²) in [5, 5.41) is 20.6. The van der Waals surface area contributed by atoms with Crippen LogP contribution in [0.3, 0.4) is 0 Å². The summed E-state index contributed by atoms with van der Waals surface area (Å²) in [6, 6.07) is 7.08. The van der Waals surface area contributed by atoms with Gasteiger partial charge in [0, 0.05) is 6.20 Å². The van der Waals surface area contributed by atoms with Crippen molar-refractivity contribution in [3.63, 3.8) is 0 Å². The number of nitrogens with one attached hydrogen (secondary N) is 1. The van der Waals surface area contributed by atoms with Crippen LogP contribution in [0.2, 0.25) is 0 Å². The smallest absolute Gasteiger partial charge is 0.337 e. The van der Waals surface area contributed by atoms with Crippen molar-refractivity contribution < 1.29 is 24.6 Å². The van der Waals surface area contributed by atoms with E-state index in [0.29, 0.717) is 10.6 Å². The lowest BCUT2D eigenvalue weighted by atomic mass is 10.2. The molecule has 0 spiro atoms. The fourth-order valence-electron chi connectivity index (χ4n) is 1.93. The molecular weight excluding hydrogens is 334 g/mol. The van der Waals surface area contributed by atoms with Crippen LogP contribution in [0.1, 0.15) is 31.2 Å². The third-order valence-electron chi connectivity index (χ3n) is 3.10. The van der Waals surface area contributed by atoms with Gasteiger partial charge >= 0.3 is 11.9 Å². The van der Waals surface area contributed by atoms with E-state index in [2.05, 4.69) is 15.3 Å². The van der Waals surface area contributed by atoms with Crippen molar-refractivity contribution in [1.82, 2.24) is 9.97 Å². The molecule has 0 bridgehead atoms. The summed E-state index contributed by atoms with van der Waals surface area (Å²) in [7, 11) is 0. The summed E-state index contributed by atoms with van der Waals surface area (Å²) in [4.78, 5) is 41.8. The standard InChI is InChI=1S/C15H9N3O5S/c19-12(9-3-1-8(6-16-9)14(22)23)18-15-17-10-5-7(13(20)21)2-4-11(10)24-15/h1-6H,(H,20,21)(H,22,23)(H,17,18,19). The van der Waals surface area contributed by atoms with E-state index in [1.807, 2.05) is 0 Å². The van der Waals surface area contributed by atoms with Gasteiger partial charge < -0.3 is 10.2 Å². The summed E-state index contributed by atoms with van der Waals surface area (Å²) >= 11 is 1.19. The van der Waals surface area contributed by atoms with Gasteiger partial charge in [-0.2, -0.15) is 0 Å². The quantitative estimate of drug-likeness (QED) is 0.663. The van der Waals surface area contributed by atoms with E-state index in [4.69, 9.17) is 10.2 Å². The molecular formula is C15H9N3O5S. The number of carbonyl (C=O) groups is 3. The molecule has 1 amide bonds. The Balaban J connectivity index is 1.82. The minimum Gasteiger partial charge on any atom is -0.478 e. The highest BCUT2D eigenvalue weighted by atomic mass is 32.1. The molecule has 8 nitrogen and oxygen atoms in total. The molecule has 0 radical (unpaired) electrons. The monoisotopic (exact) mass is 343 g/mol. The Kier molecular flexibility index (Phi) is 3.92. The van der Waals surface area contributed by atoms with Gasteiger partial charge in [0.25, 0.3) is 5.91 Å². The number of carboxylic acid groups (broad SMARTS) is 2. The number of rotatable bonds is 4. The Bertz CT molecular complexity index is 965. The first-order valence-corrected chi connectivity index (χ1v) is 7.40. The van der Waals surface area contributed by atoms with Crippen LogP contribution in [-0.2, 0) is 0 Å². The number of hydrogen-bond donors (Lipinski definition) is 3. The van der Waals surface area contributed by atoms with Gasteiger partial charge in [-0.3, -0.25) is 15.1 Å². The zero-order chi connectivity index (χ0) is 17.3. The first-order valence-electron chi connectivity index (χ1n) is 6.58. The Hall–Kier alpha value is -3.33. The van der Waals surface area contributed by atoms with E-state index in [-0.39, 0.29) is 16.8 Å². The molecule has 0 saturated carbocycles. The van der Waals surface area contributed by atoms with Gasteiger partial charge in [-0.25, -0.2) is 14.6 Å². The van der Waals surface area contributed by atoms with E-state index in [1.165, 1.54) is 35.6 Å². The van der Waals surface area contributed by atoms with E-state index >= 15 is 0 Å². The van der Waals surface area contributed by atoms with Crippen molar-refractivity contribution in [2.45, 2.75) is 0 Å². The molecule has 0 saturated heterocycles. The Labute approximate surface area is 138 Å². The maximum atomic E-state index is 12.1. The molecule has 0 atom stereocenters. The molecule has 2 heterocycles. The number of aromatic carboxylic acids is 2. The SMILES string of the molecule is O=C(O)c1ccc(C(=O)Nc2nc3cc(C(=O)O)ccc3s2)nc1. The number of pyridine rings is 1. The van der Waals surface area contributed by atoms with Crippen LogP contribution in [0, 0.1) is 0 Å². The molecule has 3 rings (SSSR count). The minimum absolute atomic E-state index is 0.0206. The lowest BCUT2D eigenvalue weighted by Gasteiger charge is -2.01. The second-order valence-corrected chi connectivity index (χ2v) is 5.73. The molecule has 3 N–H and O–H groups in total. The number of carboxylic acids is 2. The lowest BCUT2D eigenvalue weighted by molar-refractivity contribution is 0.0686. The molecule has 9 heteroatoms. The van der Waals surface area contributed by atoms with Gasteiger partial charge in [0.2, 0.25) is 0 Å². The molecule has 0 aliphatic carbocycles. The second kappa shape index (κ2) is 6.05. The molecule has 2 aromatic heterocycles. The number of hydrogen-bond acceptors (Lipinski definition) is 6. The second-order valence-electron chi connectivity index (χ2n) is 4.70. The number of carbonyl (C=O) groups excluding carboxylic acids is 1. The third-order valence-corrected chi connectivity index (χ3v) is 4.05. The van der Waals surface area contributed by atoms with E-state index in [0.717, 1.165) is 10.9 Å². The van der Waals surface area contributed by atoms with Gasteiger partial charge in [0.05, 0.1) is 21.3 Å². The van der Waals surface area contributed by atoms with Crippen molar-refractivity contribution in [3.05, 3.63) is 53.3 Å². The Morgan fingerprint density at radius 2 is 1.71 bits per heavy atom. The summed E-state index contributed by atoms with van der Waals surface area (Å²) in [5.74, 6) is -2.72. The average molecular weight is 343 g/mol. The van der Waals surface area contributed by atoms with Crippen molar-refractivity contribution in [3.8, 4) is 0 Å². The number of thiazole rings is 1. The van der Waals surface area contributed by atoms with Crippen LogP contribution < -0.4 is 5.32 Å². The van der Waals surface area contributed by atoms with Gasteiger partial charge in [-0.15, -0.1) is 0 Å². The maximum absolute atomic E-state index is 12.1. The van der Waals surface area contributed by atoms with Crippen molar-refractivity contribution >= 4 is 44.5 Å². The first kappa shape index (κ1) is 15.6. The van der Waals surface area contributed by atoms with Crippen LogP contribution in [0.5, 0.6) is 0 Å². The summed E-state index contributed by atoms with van der Waals surface area (Å²) in [6.45, 7) is 0. The van der Waals surface area contributed by atoms with Crippen LogP contribution >= 0.6 is 11.3 Å². The van der Waals surface area contributed by atoms with Crippen LogP contribution in [0.15, 0.2) is 36.5 Å². The number of aromatic nitrogens is 2. The summed E-state index contributed by atoms with van der Waals surface area (Å²) < 4.78 is 0.726. The maximum Gasteiger partial charge on any atom is 0.337 e. The van der Waals surface area contributed by atoms with Crippen LogP contribution in [0.4, 0.5) is 5.13 Å². The van der Waals surface area contributed by atoms with Crippen molar-refractivity contribution in [2.75, 3.05) is 5.32 Å². The van der Waals surface area contributed by atoms with Gasteiger partial charge in [0.1, 0.15) is 5.69 Å². The number of nitrogens with zero attached hydrogens (tertiary/aromatic N) is 2. The molecule has 24 heavy (non-hydrogen) atoms. The Morgan fingerprint density at radius 1 is 1.00 bits per heavy atom. The summed E-state index contributed by atoms with van der Waals surface area (Å²) in [5.41, 5.74) is 0.596. The predicted molar refractivity (Wildman–Crippen MR) is 85.7 cm³/mol. The topological polar surface area (TPSA) is 129 Å². The fourth-order valence-corrected chi connectivity index (χ4v) is 2.77. The van der Waals surface area contributed by atoms with E-state index in [9.17, 15) is 14.4 Å².